The molecule has 0 saturated carbocycles. The van der Waals surface area contributed by atoms with Crippen LogP contribution >= 0.6 is 11.6 Å². The molecule has 0 unspecified atom stereocenters. The number of hydrogen-bond acceptors (Lipinski definition) is 5. The van der Waals surface area contributed by atoms with Crippen LogP contribution in [-0.4, -0.2) is 40.8 Å². The third-order valence-corrected chi connectivity index (χ3v) is 3.98. The van der Waals surface area contributed by atoms with Crippen LogP contribution in [0.15, 0.2) is 24.5 Å². The van der Waals surface area contributed by atoms with Gasteiger partial charge in [0.1, 0.15) is 18.2 Å². The van der Waals surface area contributed by atoms with Crippen molar-refractivity contribution >= 4 is 17.5 Å². The number of rotatable bonds is 5. The molecule has 2 heterocycles. The third kappa shape index (κ3) is 3.62. The third-order valence-electron chi connectivity index (χ3n) is 3.74. The maximum atomic E-state index is 12.3. The van der Waals surface area contributed by atoms with E-state index in [0.29, 0.717) is 22.9 Å². The first kappa shape index (κ1) is 15.8. The lowest BCUT2D eigenvalue weighted by Gasteiger charge is -2.14. The van der Waals surface area contributed by atoms with Crippen molar-refractivity contribution in [2.24, 2.45) is 0 Å². The molecule has 1 amide bonds. The van der Waals surface area contributed by atoms with Crippen molar-refractivity contribution in [3.05, 3.63) is 40.9 Å². The highest BCUT2D eigenvalue weighted by molar-refractivity contribution is 6.31. The number of aromatic nitrogens is 3. The first-order chi connectivity index (χ1) is 11.2. The number of amides is 1. The van der Waals surface area contributed by atoms with Crippen molar-refractivity contribution in [1.29, 1.82) is 0 Å². The summed E-state index contributed by atoms with van der Waals surface area (Å²) in [6.07, 6.45) is 2.99. The Labute approximate surface area is 138 Å². The molecule has 1 aliphatic heterocycles. The maximum absolute atomic E-state index is 12.3. The highest BCUT2D eigenvalue weighted by Crippen LogP contribution is 2.30. The standard InChI is InChI=1S/C15H17ClN4O3/c1-22-12-4-2-9(16)6-11(12)15(21)17-7-10-3-5-13(23-10)14-18-8-19-20-14/h2,4,6,8,10,13H,3,5,7H2,1H3,(H,17,21)(H,18,19,20)/t10-,13+/m1/s1. The number of halogens is 1. The highest BCUT2D eigenvalue weighted by Gasteiger charge is 2.28. The quantitative estimate of drug-likeness (QED) is 0.873. The molecule has 1 aliphatic rings. The summed E-state index contributed by atoms with van der Waals surface area (Å²) in [5.41, 5.74) is 0.407. The van der Waals surface area contributed by atoms with E-state index in [9.17, 15) is 4.79 Å². The Bertz CT molecular complexity index is 677. The first-order valence-electron chi connectivity index (χ1n) is 7.30. The van der Waals surface area contributed by atoms with E-state index in [0.717, 1.165) is 18.7 Å². The fourth-order valence-corrected chi connectivity index (χ4v) is 2.76. The van der Waals surface area contributed by atoms with Gasteiger partial charge in [-0.3, -0.25) is 9.89 Å². The molecule has 1 fully saturated rings. The van der Waals surface area contributed by atoms with Crippen molar-refractivity contribution < 1.29 is 14.3 Å². The number of nitrogens with zero attached hydrogens (tertiary/aromatic N) is 2. The molecule has 23 heavy (non-hydrogen) atoms. The van der Waals surface area contributed by atoms with Crippen LogP contribution in [0.4, 0.5) is 0 Å². The van der Waals surface area contributed by atoms with E-state index >= 15 is 0 Å². The molecule has 3 rings (SSSR count). The molecule has 0 aliphatic carbocycles. The van der Waals surface area contributed by atoms with Crippen molar-refractivity contribution in [1.82, 2.24) is 20.5 Å². The Hall–Kier alpha value is -2.12. The van der Waals surface area contributed by atoms with Gasteiger partial charge in [0.25, 0.3) is 5.91 Å². The maximum Gasteiger partial charge on any atom is 0.255 e. The van der Waals surface area contributed by atoms with Gasteiger partial charge in [-0.2, -0.15) is 5.10 Å². The predicted octanol–water partition coefficient (Wildman–Crippen LogP) is 2.12. The minimum absolute atomic E-state index is 0.0563. The van der Waals surface area contributed by atoms with Gasteiger partial charge < -0.3 is 14.8 Å². The summed E-state index contributed by atoms with van der Waals surface area (Å²) in [7, 11) is 1.52. The van der Waals surface area contributed by atoms with E-state index in [1.165, 1.54) is 13.4 Å². The zero-order valence-electron chi connectivity index (χ0n) is 12.6. The van der Waals surface area contributed by atoms with Crippen LogP contribution in [0.5, 0.6) is 5.75 Å². The zero-order chi connectivity index (χ0) is 16.2. The Kier molecular flexibility index (Phi) is 4.78. The van der Waals surface area contributed by atoms with Crippen LogP contribution in [0.2, 0.25) is 5.02 Å². The number of ether oxygens (including phenoxy) is 2. The smallest absolute Gasteiger partial charge is 0.255 e. The molecule has 2 N–H and O–H groups in total. The Balaban J connectivity index is 1.57. The van der Waals surface area contributed by atoms with E-state index in [-0.39, 0.29) is 18.1 Å². The first-order valence-corrected chi connectivity index (χ1v) is 7.67. The predicted molar refractivity (Wildman–Crippen MR) is 83.6 cm³/mol. The number of carbonyl (C=O) groups excluding carboxylic acids is 1. The number of aromatic amines is 1. The van der Waals surface area contributed by atoms with E-state index in [4.69, 9.17) is 21.1 Å². The number of benzene rings is 1. The molecule has 0 radical (unpaired) electrons. The van der Waals surface area contributed by atoms with Crippen LogP contribution < -0.4 is 10.1 Å². The van der Waals surface area contributed by atoms with Crippen LogP contribution in [-0.2, 0) is 4.74 Å². The molecular weight excluding hydrogens is 320 g/mol. The number of hydrogen-bond donors (Lipinski definition) is 2. The molecule has 122 valence electrons. The van der Waals surface area contributed by atoms with Crippen molar-refractivity contribution in [2.45, 2.75) is 25.0 Å². The fraction of sp³-hybridized carbons (Fsp3) is 0.400. The topological polar surface area (TPSA) is 89.1 Å². The van der Waals surface area contributed by atoms with Gasteiger partial charge in [-0.25, -0.2) is 4.98 Å². The van der Waals surface area contributed by atoms with E-state index < -0.39 is 0 Å². The van der Waals surface area contributed by atoms with Gasteiger partial charge in [-0.1, -0.05) is 11.6 Å². The van der Waals surface area contributed by atoms with Crippen LogP contribution in [0.3, 0.4) is 0 Å². The minimum Gasteiger partial charge on any atom is -0.496 e. The van der Waals surface area contributed by atoms with Crippen molar-refractivity contribution in [3.63, 3.8) is 0 Å². The Morgan fingerprint density at radius 2 is 2.39 bits per heavy atom. The summed E-state index contributed by atoms with van der Waals surface area (Å²) >= 11 is 5.94. The second-order valence-electron chi connectivity index (χ2n) is 5.25. The normalized spacial score (nSPS) is 20.4. The second kappa shape index (κ2) is 6.97. The molecule has 7 nitrogen and oxygen atoms in total. The number of carbonyl (C=O) groups is 1. The second-order valence-corrected chi connectivity index (χ2v) is 5.69. The zero-order valence-corrected chi connectivity index (χ0v) is 13.3. The molecule has 1 saturated heterocycles. The van der Waals surface area contributed by atoms with E-state index in [1.807, 2.05) is 0 Å². The van der Waals surface area contributed by atoms with Gasteiger partial charge in [-0.15, -0.1) is 0 Å². The SMILES string of the molecule is COc1ccc(Cl)cc1C(=O)NC[C@H]1CC[C@@H](c2ncn[nH]2)O1. The molecule has 1 aromatic carbocycles. The number of H-pyrrole nitrogens is 1. The van der Waals surface area contributed by atoms with E-state index in [2.05, 4.69) is 20.5 Å². The van der Waals surface area contributed by atoms with Crippen LogP contribution in [0.1, 0.15) is 35.1 Å². The minimum atomic E-state index is -0.240. The number of nitrogens with one attached hydrogen (secondary N) is 2. The molecule has 1 aromatic heterocycles. The summed E-state index contributed by atoms with van der Waals surface area (Å²) in [5, 5.41) is 9.97. The lowest BCUT2D eigenvalue weighted by molar-refractivity contribution is 0.0392. The molecular formula is C15H17ClN4O3. The Morgan fingerprint density at radius 1 is 1.52 bits per heavy atom. The Morgan fingerprint density at radius 3 is 3.13 bits per heavy atom. The van der Waals surface area contributed by atoms with Crippen molar-refractivity contribution in [3.8, 4) is 5.75 Å². The molecule has 8 heteroatoms. The molecule has 2 aromatic rings. The summed E-state index contributed by atoms with van der Waals surface area (Å²) in [6.45, 7) is 0.416. The van der Waals surface area contributed by atoms with Gasteiger partial charge in [0.2, 0.25) is 0 Å². The summed E-state index contributed by atoms with van der Waals surface area (Å²) < 4.78 is 11.1. The van der Waals surface area contributed by atoms with Gasteiger partial charge in [0, 0.05) is 11.6 Å². The lowest BCUT2D eigenvalue weighted by atomic mass is 10.1. The van der Waals surface area contributed by atoms with E-state index in [1.54, 1.807) is 18.2 Å². The number of methoxy groups -OCH3 is 1. The van der Waals surface area contributed by atoms with Crippen molar-refractivity contribution in [2.75, 3.05) is 13.7 Å². The van der Waals surface area contributed by atoms with Crippen LogP contribution in [0, 0.1) is 0 Å². The van der Waals surface area contributed by atoms with Crippen LogP contribution in [0.25, 0.3) is 0 Å². The average molecular weight is 337 g/mol. The molecule has 2 atom stereocenters. The highest BCUT2D eigenvalue weighted by atomic mass is 35.5. The molecule has 0 bridgehead atoms. The fourth-order valence-electron chi connectivity index (χ4n) is 2.59. The average Bonchev–Trinajstić information content (AvgIpc) is 3.23. The van der Waals surface area contributed by atoms with Gasteiger partial charge >= 0.3 is 0 Å². The lowest BCUT2D eigenvalue weighted by Crippen LogP contribution is -2.32. The summed E-state index contributed by atoms with van der Waals surface area (Å²) in [4.78, 5) is 16.4. The monoisotopic (exact) mass is 336 g/mol. The molecule has 0 spiro atoms. The van der Waals surface area contributed by atoms with Gasteiger partial charge in [-0.05, 0) is 31.0 Å². The summed E-state index contributed by atoms with van der Waals surface area (Å²) in [5.74, 6) is 0.963. The van der Waals surface area contributed by atoms with Gasteiger partial charge in [0.05, 0.1) is 18.8 Å². The largest absolute Gasteiger partial charge is 0.496 e. The van der Waals surface area contributed by atoms with Gasteiger partial charge in [0.15, 0.2) is 5.82 Å². The summed E-state index contributed by atoms with van der Waals surface area (Å²) in [6, 6.07) is 4.94.